The average molecular weight is 408 g/mol. The molecule has 0 aliphatic heterocycles. The van der Waals surface area contributed by atoms with E-state index in [2.05, 4.69) is 10.3 Å². The highest BCUT2D eigenvalue weighted by Crippen LogP contribution is 2.37. The van der Waals surface area contributed by atoms with Gasteiger partial charge >= 0.3 is 6.18 Å². The maximum atomic E-state index is 14.2. The van der Waals surface area contributed by atoms with Crippen molar-refractivity contribution in [3.63, 3.8) is 0 Å². The van der Waals surface area contributed by atoms with Gasteiger partial charge < -0.3 is 10.1 Å². The molecular weight excluding hydrogens is 388 g/mol. The number of aromatic nitrogens is 1. The molecule has 0 saturated heterocycles. The van der Waals surface area contributed by atoms with Crippen molar-refractivity contribution in [2.24, 2.45) is 5.92 Å². The summed E-state index contributed by atoms with van der Waals surface area (Å²) in [6.07, 6.45) is 2.28. The molecule has 1 aromatic carbocycles. The number of halogens is 4. The highest BCUT2D eigenvalue weighted by atomic mass is 19.4. The Morgan fingerprint density at radius 1 is 1.24 bits per heavy atom. The number of alkyl halides is 3. The van der Waals surface area contributed by atoms with Crippen LogP contribution in [0.3, 0.4) is 0 Å². The summed E-state index contributed by atoms with van der Waals surface area (Å²) in [7, 11) is 0. The monoisotopic (exact) mass is 408 g/mol. The van der Waals surface area contributed by atoms with Gasteiger partial charge in [-0.15, -0.1) is 0 Å². The summed E-state index contributed by atoms with van der Waals surface area (Å²) >= 11 is 0. The molecule has 1 aliphatic carbocycles. The van der Waals surface area contributed by atoms with Gasteiger partial charge in [0, 0.05) is 18.3 Å². The molecule has 0 bridgehead atoms. The van der Waals surface area contributed by atoms with Crippen LogP contribution in [0.15, 0.2) is 48.8 Å². The first-order valence-electron chi connectivity index (χ1n) is 9.24. The van der Waals surface area contributed by atoms with Crippen LogP contribution < -0.4 is 10.1 Å². The largest absolute Gasteiger partial charge is 0.453 e. The topological polar surface area (TPSA) is 51.2 Å². The van der Waals surface area contributed by atoms with Gasteiger partial charge in [0.25, 0.3) is 0 Å². The molecule has 4 nitrogen and oxygen atoms in total. The van der Waals surface area contributed by atoms with E-state index in [1.807, 2.05) is 0 Å². The first-order valence-corrected chi connectivity index (χ1v) is 9.24. The molecule has 3 rings (SSSR count). The van der Waals surface area contributed by atoms with Gasteiger partial charge in [-0.2, -0.15) is 13.2 Å². The highest BCUT2D eigenvalue weighted by molar-refractivity contribution is 5.91. The predicted molar refractivity (Wildman–Crippen MR) is 99.7 cm³/mol. The number of ether oxygens (including phenoxy) is 1. The van der Waals surface area contributed by atoms with Gasteiger partial charge in [-0.25, -0.2) is 4.39 Å². The summed E-state index contributed by atoms with van der Waals surface area (Å²) in [5.74, 6) is -2.10. The van der Waals surface area contributed by atoms with E-state index in [-0.39, 0.29) is 18.6 Å². The summed E-state index contributed by atoms with van der Waals surface area (Å²) in [4.78, 5) is 15.9. The summed E-state index contributed by atoms with van der Waals surface area (Å²) in [5, 5.41) is 2.60. The van der Waals surface area contributed by atoms with Gasteiger partial charge in [0.15, 0.2) is 11.6 Å². The standard InChI is InChI=1S/C21H20F4N2O2/c22-18-11-14(6-8-19(18)29-17-5-2-10-26-13-17)7-9-20(28)27-16-4-1-3-15(12-16)21(23,24)25/h2,5-11,13,15-16H,1,3-4,12H2,(H,27,28)/b9-7+. The summed E-state index contributed by atoms with van der Waals surface area (Å²) in [5.41, 5.74) is 0.424. The van der Waals surface area contributed by atoms with Crippen molar-refractivity contribution in [3.8, 4) is 11.5 Å². The van der Waals surface area contributed by atoms with Gasteiger partial charge in [-0.05, 0) is 55.2 Å². The van der Waals surface area contributed by atoms with Crippen LogP contribution >= 0.6 is 0 Å². The van der Waals surface area contributed by atoms with E-state index in [9.17, 15) is 22.4 Å². The van der Waals surface area contributed by atoms with E-state index in [0.29, 0.717) is 24.2 Å². The molecule has 1 aromatic heterocycles. The minimum absolute atomic E-state index is 0.0139. The lowest BCUT2D eigenvalue weighted by Gasteiger charge is -2.30. The summed E-state index contributed by atoms with van der Waals surface area (Å²) in [6, 6.07) is 6.98. The Morgan fingerprint density at radius 3 is 2.76 bits per heavy atom. The lowest BCUT2D eigenvalue weighted by Crippen LogP contribution is -2.41. The van der Waals surface area contributed by atoms with Crippen molar-refractivity contribution < 1.29 is 27.1 Å². The van der Waals surface area contributed by atoms with Crippen LogP contribution in [0.25, 0.3) is 6.08 Å². The van der Waals surface area contributed by atoms with Gasteiger partial charge in [-0.1, -0.05) is 12.5 Å². The van der Waals surface area contributed by atoms with Crippen molar-refractivity contribution in [2.45, 2.75) is 37.9 Å². The average Bonchev–Trinajstić information content (AvgIpc) is 2.69. The molecular formula is C21H20F4N2O2. The predicted octanol–water partition coefficient (Wildman–Crippen LogP) is 5.26. The second kappa shape index (κ2) is 9.07. The number of nitrogens with one attached hydrogen (secondary N) is 1. The number of nitrogens with zero attached hydrogens (tertiary/aromatic N) is 1. The van der Waals surface area contributed by atoms with Crippen molar-refractivity contribution in [1.29, 1.82) is 0 Å². The molecule has 2 atom stereocenters. The fourth-order valence-electron chi connectivity index (χ4n) is 3.28. The zero-order valence-corrected chi connectivity index (χ0v) is 15.5. The third-order valence-electron chi connectivity index (χ3n) is 4.73. The summed E-state index contributed by atoms with van der Waals surface area (Å²) in [6.45, 7) is 0. The molecule has 1 N–H and O–H groups in total. The van der Waals surface area contributed by atoms with E-state index in [1.54, 1.807) is 24.4 Å². The Kier molecular flexibility index (Phi) is 6.51. The van der Waals surface area contributed by atoms with Crippen molar-refractivity contribution in [3.05, 3.63) is 60.2 Å². The first kappa shape index (κ1) is 20.8. The highest BCUT2D eigenvalue weighted by Gasteiger charge is 2.42. The lowest BCUT2D eigenvalue weighted by molar-refractivity contribution is -0.184. The minimum atomic E-state index is -4.24. The number of hydrogen-bond donors (Lipinski definition) is 1. The maximum Gasteiger partial charge on any atom is 0.391 e. The fourth-order valence-corrected chi connectivity index (χ4v) is 3.28. The number of pyridine rings is 1. The zero-order valence-electron chi connectivity index (χ0n) is 15.5. The van der Waals surface area contributed by atoms with Crippen LogP contribution in [0.5, 0.6) is 11.5 Å². The number of carbonyl (C=O) groups excluding carboxylic acids is 1. The number of rotatable bonds is 5. The Morgan fingerprint density at radius 2 is 2.07 bits per heavy atom. The smallest absolute Gasteiger partial charge is 0.391 e. The SMILES string of the molecule is O=C(/C=C/c1ccc(Oc2cccnc2)c(F)c1)NC1CCCC(C(F)(F)F)C1. The van der Waals surface area contributed by atoms with Gasteiger partial charge in [0.05, 0.1) is 12.1 Å². The third kappa shape index (κ3) is 6.04. The molecule has 1 amide bonds. The zero-order chi connectivity index (χ0) is 20.9. The van der Waals surface area contributed by atoms with Gasteiger partial charge in [0.2, 0.25) is 5.91 Å². The molecule has 1 fully saturated rings. The van der Waals surface area contributed by atoms with Crippen molar-refractivity contribution in [1.82, 2.24) is 10.3 Å². The van der Waals surface area contributed by atoms with Crippen molar-refractivity contribution >= 4 is 12.0 Å². The minimum Gasteiger partial charge on any atom is -0.453 e. The molecule has 154 valence electrons. The van der Waals surface area contributed by atoms with E-state index < -0.39 is 29.9 Å². The Bertz CT molecular complexity index is 869. The van der Waals surface area contributed by atoms with Gasteiger partial charge in [-0.3, -0.25) is 9.78 Å². The molecule has 1 heterocycles. The Hall–Kier alpha value is -2.90. The second-order valence-electron chi connectivity index (χ2n) is 6.92. The van der Waals surface area contributed by atoms with Crippen LogP contribution in [-0.2, 0) is 4.79 Å². The molecule has 2 unspecified atom stereocenters. The molecule has 8 heteroatoms. The van der Waals surface area contributed by atoms with Crippen LogP contribution in [-0.4, -0.2) is 23.1 Å². The number of amides is 1. The molecule has 1 aliphatic rings. The first-order chi connectivity index (χ1) is 13.8. The van der Waals surface area contributed by atoms with E-state index >= 15 is 0 Å². The Labute approximate surface area is 165 Å². The molecule has 0 radical (unpaired) electrons. The quantitative estimate of drug-likeness (QED) is 0.542. The maximum absolute atomic E-state index is 14.2. The molecule has 0 spiro atoms. The van der Waals surface area contributed by atoms with Crippen LogP contribution in [0.1, 0.15) is 31.2 Å². The normalized spacial score (nSPS) is 19.9. The number of hydrogen-bond acceptors (Lipinski definition) is 3. The van der Waals surface area contributed by atoms with E-state index in [0.717, 1.165) is 0 Å². The van der Waals surface area contributed by atoms with Gasteiger partial charge in [0.1, 0.15) is 5.75 Å². The molecule has 2 aromatic rings. The Balaban J connectivity index is 1.56. The lowest BCUT2D eigenvalue weighted by atomic mass is 9.85. The van der Waals surface area contributed by atoms with Crippen LogP contribution in [0, 0.1) is 11.7 Å². The third-order valence-corrected chi connectivity index (χ3v) is 4.73. The van der Waals surface area contributed by atoms with Crippen LogP contribution in [0.2, 0.25) is 0 Å². The van der Waals surface area contributed by atoms with Crippen molar-refractivity contribution in [2.75, 3.05) is 0 Å². The summed E-state index contributed by atoms with van der Waals surface area (Å²) < 4.78 is 58.2. The van der Waals surface area contributed by atoms with Crippen LogP contribution in [0.4, 0.5) is 17.6 Å². The molecule has 1 saturated carbocycles. The van der Waals surface area contributed by atoms with E-state index in [1.165, 1.54) is 30.5 Å². The fraction of sp³-hybridized carbons (Fsp3) is 0.333. The molecule has 29 heavy (non-hydrogen) atoms. The second-order valence-corrected chi connectivity index (χ2v) is 6.92. The van der Waals surface area contributed by atoms with E-state index in [4.69, 9.17) is 4.74 Å². The number of carbonyl (C=O) groups is 1. The number of benzene rings is 1.